The summed E-state index contributed by atoms with van der Waals surface area (Å²) in [5.74, 6) is 0.202. The van der Waals surface area contributed by atoms with Gasteiger partial charge in [0.2, 0.25) is 5.91 Å². The number of carbonyl (C=O) groups excluding carboxylic acids is 1. The first-order chi connectivity index (χ1) is 6.26. The van der Waals surface area contributed by atoms with Crippen molar-refractivity contribution < 1.29 is 4.79 Å². The molecular weight excluding hydrogens is 162 g/mol. The van der Waals surface area contributed by atoms with Gasteiger partial charge in [-0.15, -0.1) is 0 Å². The summed E-state index contributed by atoms with van der Waals surface area (Å²) in [7, 11) is 0. The zero-order chi connectivity index (χ0) is 10.1. The van der Waals surface area contributed by atoms with Gasteiger partial charge < -0.3 is 4.90 Å². The topological polar surface area (TPSA) is 20.3 Å². The summed E-state index contributed by atoms with van der Waals surface area (Å²) in [6.45, 7) is 8.47. The van der Waals surface area contributed by atoms with Crippen LogP contribution in [0.4, 0.5) is 0 Å². The Labute approximate surface area is 81.6 Å². The van der Waals surface area contributed by atoms with Gasteiger partial charge in [-0.25, -0.2) is 0 Å². The average molecular weight is 183 g/mol. The molecule has 13 heavy (non-hydrogen) atoms. The van der Waals surface area contributed by atoms with Crippen molar-refractivity contribution in [2.45, 2.75) is 46.0 Å². The van der Waals surface area contributed by atoms with E-state index in [4.69, 9.17) is 0 Å². The lowest BCUT2D eigenvalue weighted by molar-refractivity contribution is -0.128. The molecule has 0 N–H and O–H groups in total. The van der Waals surface area contributed by atoms with Crippen LogP contribution in [0.5, 0.6) is 0 Å². The van der Waals surface area contributed by atoms with E-state index in [9.17, 15) is 4.79 Å². The van der Waals surface area contributed by atoms with Gasteiger partial charge in [0, 0.05) is 13.0 Å². The maximum absolute atomic E-state index is 11.4. The molecule has 0 atom stereocenters. The third-order valence-corrected chi connectivity index (χ3v) is 2.13. The summed E-state index contributed by atoms with van der Waals surface area (Å²) in [6, 6.07) is 0. The van der Waals surface area contributed by atoms with Crippen LogP contribution in [-0.4, -0.2) is 17.4 Å². The highest BCUT2D eigenvalue weighted by Gasteiger charge is 2.06. The second-order valence-electron chi connectivity index (χ2n) is 3.17. The molecule has 0 aromatic carbocycles. The van der Waals surface area contributed by atoms with Gasteiger partial charge >= 0.3 is 0 Å². The van der Waals surface area contributed by atoms with E-state index in [0.29, 0.717) is 6.42 Å². The summed E-state index contributed by atoms with van der Waals surface area (Å²) in [5, 5.41) is 0. The molecule has 0 fully saturated rings. The van der Waals surface area contributed by atoms with E-state index in [0.717, 1.165) is 19.4 Å². The van der Waals surface area contributed by atoms with Crippen LogP contribution in [0.2, 0.25) is 0 Å². The predicted molar refractivity (Wildman–Crippen MR) is 56.3 cm³/mol. The molecule has 0 radical (unpaired) electrons. The van der Waals surface area contributed by atoms with Gasteiger partial charge in [-0.05, 0) is 19.5 Å². The quantitative estimate of drug-likeness (QED) is 0.556. The maximum atomic E-state index is 11.4. The number of unbranched alkanes of at least 4 members (excludes halogenated alkanes) is 3. The van der Waals surface area contributed by atoms with Crippen molar-refractivity contribution in [2.24, 2.45) is 0 Å². The lowest BCUT2D eigenvalue weighted by atomic mass is 10.1. The third kappa shape index (κ3) is 5.45. The Balaban J connectivity index is 3.54. The van der Waals surface area contributed by atoms with Gasteiger partial charge in [0.05, 0.1) is 0 Å². The monoisotopic (exact) mass is 183 g/mol. The molecule has 0 saturated carbocycles. The molecule has 2 heteroatoms. The average Bonchev–Trinajstić information content (AvgIpc) is 2.14. The minimum atomic E-state index is 0.202. The van der Waals surface area contributed by atoms with Crippen LogP contribution < -0.4 is 0 Å². The van der Waals surface area contributed by atoms with Gasteiger partial charge in [-0.3, -0.25) is 4.79 Å². The molecule has 2 nitrogen and oxygen atoms in total. The summed E-state index contributed by atoms with van der Waals surface area (Å²) in [4.78, 5) is 13.1. The number of nitrogens with zero attached hydrogens (tertiary/aromatic N) is 1. The SMILES string of the molecule is C=CN(CC)C(=O)CCCCCC. The number of hydrogen-bond acceptors (Lipinski definition) is 1. The third-order valence-electron chi connectivity index (χ3n) is 2.13. The van der Waals surface area contributed by atoms with Crippen molar-refractivity contribution in [2.75, 3.05) is 6.54 Å². The lowest BCUT2D eigenvalue weighted by Gasteiger charge is -2.14. The predicted octanol–water partition coefficient (Wildman–Crippen LogP) is 2.95. The lowest BCUT2D eigenvalue weighted by Crippen LogP contribution is -2.24. The van der Waals surface area contributed by atoms with E-state index in [1.165, 1.54) is 12.8 Å². The number of rotatable bonds is 7. The molecular formula is C11H21NO. The van der Waals surface area contributed by atoms with Crippen molar-refractivity contribution >= 4 is 5.91 Å². The summed E-state index contributed by atoms with van der Waals surface area (Å²) in [5.41, 5.74) is 0. The smallest absolute Gasteiger partial charge is 0.226 e. The Morgan fingerprint density at radius 1 is 1.31 bits per heavy atom. The number of carbonyl (C=O) groups is 1. The van der Waals surface area contributed by atoms with Crippen molar-refractivity contribution in [1.82, 2.24) is 4.90 Å². The summed E-state index contributed by atoms with van der Waals surface area (Å²) in [6.07, 6.45) is 6.90. The molecule has 0 aromatic heterocycles. The molecule has 0 rings (SSSR count). The van der Waals surface area contributed by atoms with Crippen LogP contribution in [0, 0.1) is 0 Å². The molecule has 0 aliphatic heterocycles. The van der Waals surface area contributed by atoms with Crippen molar-refractivity contribution in [3.8, 4) is 0 Å². The molecule has 76 valence electrons. The Kier molecular flexibility index (Phi) is 7.36. The zero-order valence-corrected chi connectivity index (χ0v) is 8.88. The Hall–Kier alpha value is -0.790. The number of hydrogen-bond donors (Lipinski definition) is 0. The fourth-order valence-corrected chi connectivity index (χ4v) is 1.25. The van der Waals surface area contributed by atoms with Crippen LogP contribution in [0.15, 0.2) is 12.8 Å². The Morgan fingerprint density at radius 3 is 2.46 bits per heavy atom. The first kappa shape index (κ1) is 12.2. The van der Waals surface area contributed by atoms with Gasteiger partial charge in [-0.1, -0.05) is 32.8 Å². The molecule has 0 unspecified atom stereocenters. The highest BCUT2D eigenvalue weighted by atomic mass is 16.2. The van der Waals surface area contributed by atoms with Crippen molar-refractivity contribution in [1.29, 1.82) is 0 Å². The molecule has 1 amide bonds. The maximum Gasteiger partial charge on any atom is 0.226 e. The summed E-state index contributed by atoms with van der Waals surface area (Å²) < 4.78 is 0. The first-order valence-corrected chi connectivity index (χ1v) is 5.18. The fourth-order valence-electron chi connectivity index (χ4n) is 1.25. The van der Waals surface area contributed by atoms with Crippen LogP contribution in [0.1, 0.15) is 46.0 Å². The largest absolute Gasteiger partial charge is 0.320 e. The minimum absolute atomic E-state index is 0.202. The first-order valence-electron chi connectivity index (χ1n) is 5.18. The summed E-state index contributed by atoms with van der Waals surface area (Å²) >= 11 is 0. The van der Waals surface area contributed by atoms with E-state index >= 15 is 0 Å². The van der Waals surface area contributed by atoms with E-state index in [2.05, 4.69) is 13.5 Å². The van der Waals surface area contributed by atoms with Gasteiger partial charge in [0.25, 0.3) is 0 Å². The normalized spacial score (nSPS) is 9.69. The van der Waals surface area contributed by atoms with E-state index in [-0.39, 0.29) is 5.91 Å². The second kappa shape index (κ2) is 7.84. The standard InChI is InChI=1S/C11H21NO/c1-4-7-8-9-10-11(13)12(5-2)6-3/h5H,2,4,6-10H2,1,3H3. The van der Waals surface area contributed by atoms with Gasteiger partial charge in [-0.2, -0.15) is 0 Å². The molecule has 0 bridgehead atoms. The molecule has 0 aromatic rings. The van der Waals surface area contributed by atoms with Crippen LogP contribution in [-0.2, 0) is 4.79 Å². The van der Waals surface area contributed by atoms with Gasteiger partial charge in [0.1, 0.15) is 0 Å². The molecule has 0 aliphatic carbocycles. The number of amides is 1. The Morgan fingerprint density at radius 2 is 2.00 bits per heavy atom. The van der Waals surface area contributed by atoms with E-state index < -0.39 is 0 Å². The van der Waals surface area contributed by atoms with Crippen LogP contribution >= 0.6 is 0 Å². The second-order valence-corrected chi connectivity index (χ2v) is 3.17. The van der Waals surface area contributed by atoms with Crippen LogP contribution in [0.3, 0.4) is 0 Å². The van der Waals surface area contributed by atoms with Crippen molar-refractivity contribution in [3.63, 3.8) is 0 Å². The Bertz CT molecular complexity index is 154. The van der Waals surface area contributed by atoms with Crippen LogP contribution in [0.25, 0.3) is 0 Å². The molecule has 0 aliphatic rings. The minimum Gasteiger partial charge on any atom is -0.320 e. The highest BCUT2D eigenvalue weighted by molar-refractivity contribution is 5.76. The molecule has 0 spiro atoms. The molecule has 0 saturated heterocycles. The van der Waals surface area contributed by atoms with E-state index in [1.54, 1.807) is 11.1 Å². The highest BCUT2D eigenvalue weighted by Crippen LogP contribution is 2.05. The van der Waals surface area contributed by atoms with E-state index in [1.807, 2.05) is 6.92 Å². The van der Waals surface area contributed by atoms with Gasteiger partial charge in [0.15, 0.2) is 0 Å². The van der Waals surface area contributed by atoms with Crippen molar-refractivity contribution in [3.05, 3.63) is 12.8 Å². The molecule has 0 heterocycles. The fraction of sp³-hybridized carbons (Fsp3) is 0.727. The zero-order valence-electron chi connectivity index (χ0n) is 8.88.